The van der Waals surface area contributed by atoms with Gasteiger partial charge in [-0.15, -0.1) is 0 Å². The van der Waals surface area contributed by atoms with E-state index in [1.165, 1.54) is 29.0 Å². The van der Waals surface area contributed by atoms with Crippen LogP contribution in [-0.2, 0) is 49.3 Å². The fourth-order valence-corrected chi connectivity index (χ4v) is 10.1. The maximum absolute atomic E-state index is 15.6. The molecule has 3 aromatic carbocycles. The van der Waals surface area contributed by atoms with E-state index in [0.717, 1.165) is 98.7 Å². The Morgan fingerprint density at radius 3 is 2.38 bits per heavy atom. The third-order valence-electron chi connectivity index (χ3n) is 14.0. The molecule has 5 aromatic rings. The van der Waals surface area contributed by atoms with Crippen molar-refractivity contribution in [3.05, 3.63) is 117 Å². The number of benzene rings is 3. The van der Waals surface area contributed by atoms with E-state index >= 15 is 4.39 Å². The van der Waals surface area contributed by atoms with Crippen LogP contribution in [0.1, 0.15) is 89.7 Å². The number of carbonyl (C=O) groups excluding carboxylic acids is 3. The highest BCUT2D eigenvalue weighted by Gasteiger charge is 2.40. The Kier molecular flexibility index (Phi) is 12.7. The monoisotopic (exact) mass is 914 g/mol. The summed E-state index contributed by atoms with van der Waals surface area (Å²) in [4.78, 5) is 52.8. The molecule has 0 unspecified atom stereocenters. The number of imide groups is 1. The van der Waals surface area contributed by atoms with E-state index in [1.807, 2.05) is 36.1 Å². The van der Waals surface area contributed by atoms with Crippen molar-refractivity contribution >= 4 is 41.0 Å². The number of rotatable bonds is 15. The molecule has 10 rings (SSSR count). The van der Waals surface area contributed by atoms with Gasteiger partial charge in [-0.3, -0.25) is 29.3 Å². The van der Waals surface area contributed by atoms with Gasteiger partial charge in [0.1, 0.15) is 24.2 Å². The van der Waals surface area contributed by atoms with Gasteiger partial charge < -0.3 is 25.2 Å². The molecule has 1 atom stereocenters. The van der Waals surface area contributed by atoms with Crippen molar-refractivity contribution in [2.45, 2.75) is 102 Å². The normalized spacial score (nSPS) is 21.3. The summed E-state index contributed by atoms with van der Waals surface area (Å²) in [5.41, 5.74) is 7.96. The number of amides is 3. The van der Waals surface area contributed by atoms with Crippen LogP contribution in [-0.4, -0.2) is 91.6 Å². The molecule has 16 heteroatoms. The zero-order valence-electron chi connectivity index (χ0n) is 37.3. The van der Waals surface area contributed by atoms with Gasteiger partial charge in [0.15, 0.2) is 0 Å². The molecule has 5 aliphatic rings. The lowest BCUT2D eigenvalue weighted by atomic mass is 9.91. The lowest BCUT2D eigenvalue weighted by Gasteiger charge is -2.36. The summed E-state index contributed by atoms with van der Waals surface area (Å²) in [7, 11) is 1.98. The quantitative estimate of drug-likeness (QED) is 0.0953. The van der Waals surface area contributed by atoms with Crippen molar-refractivity contribution in [1.82, 2.24) is 40.2 Å². The molecule has 3 N–H and O–H groups in total. The van der Waals surface area contributed by atoms with Crippen molar-refractivity contribution in [2.24, 2.45) is 13.0 Å². The summed E-state index contributed by atoms with van der Waals surface area (Å²) in [5, 5.41) is 14.6. The Labute approximate surface area is 389 Å². The van der Waals surface area contributed by atoms with Crippen LogP contribution in [0.4, 0.5) is 16.0 Å². The molecule has 3 aliphatic heterocycles. The van der Waals surface area contributed by atoms with E-state index in [1.54, 1.807) is 24.4 Å². The first-order valence-corrected chi connectivity index (χ1v) is 23.8. The van der Waals surface area contributed by atoms with Crippen LogP contribution in [0.25, 0.3) is 11.3 Å². The second kappa shape index (κ2) is 19.1. The van der Waals surface area contributed by atoms with Crippen molar-refractivity contribution in [1.29, 1.82) is 0 Å². The van der Waals surface area contributed by atoms with E-state index < -0.39 is 11.9 Å². The number of aromatic nitrogens is 4. The molecule has 2 aliphatic carbocycles. The number of fused-ring (bicyclic) bond motifs is 1. The third kappa shape index (κ3) is 9.79. The van der Waals surface area contributed by atoms with Crippen LogP contribution in [0.15, 0.2) is 73.1 Å². The van der Waals surface area contributed by atoms with Crippen LogP contribution in [0, 0.1) is 11.7 Å². The predicted molar refractivity (Wildman–Crippen MR) is 249 cm³/mol. The van der Waals surface area contributed by atoms with Crippen molar-refractivity contribution in [3.8, 4) is 17.0 Å². The van der Waals surface area contributed by atoms with Gasteiger partial charge in [0, 0.05) is 87.2 Å². The smallest absolute Gasteiger partial charge is 0.255 e. The molecule has 2 saturated heterocycles. The van der Waals surface area contributed by atoms with E-state index in [9.17, 15) is 14.4 Å². The van der Waals surface area contributed by atoms with E-state index in [-0.39, 0.29) is 36.6 Å². The van der Waals surface area contributed by atoms with Crippen LogP contribution < -0.4 is 25.6 Å². The summed E-state index contributed by atoms with van der Waals surface area (Å²) in [6.07, 6.45) is 11.6. The highest BCUT2D eigenvalue weighted by Crippen LogP contribution is 2.38. The van der Waals surface area contributed by atoms with Gasteiger partial charge in [0.25, 0.3) is 5.91 Å². The molecule has 66 heavy (non-hydrogen) atoms. The molecule has 2 aromatic heterocycles. The Balaban J connectivity index is 0.649. The molecule has 2 saturated carbocycles. The second-order valence-corrected chi connectivity index (χ2v) is 19.0. The van der Waals surface area contributed by atoms with Crippen LogP contribution >= 0.6 is 11.6 Å². The third-order valence-corrected chi connectivity index (χ3v) is 14.3. The van der Waals surface area contributed by atoms with Crippen LogP contribution in [0.2, 0.25) is 5.02 Å². The molecule has 4 fully saturated rings. The minimum atomic E-state index is -0.670. The molecular formula is C50H56ClFN10O4. The minimum absolute atomic E-state index is 0.180. The topological polar surface area (TPSA) is 150 Å². The minimum Gasteiger partial charge on any atom is -0.489 e. The fourth-order valence-electron chi connectivity index (χ4n) is 9.93. The molecule has 0 bridgehead atoms. The first-order chi connectivity index (χ1) is 32.1. The number of hydrogen-bond acceptors (Lipinski definition) is 11. The van der Waals surface area contributed by atoms with Crippen molar-refractivity contribution in [2.75, 3.05) is 36.4 Å². The fraction of sp³-hybridized carbons (Fsp3) is 0.440. The number of nitrogens with one attached hydrogen (secondary N) is 3. The molecule has 344 valence electrons. The van der Waals surface area contributed by atoms with Gasteiger partial charge in [-0.05, 0) is 98.2 Å². The Morgan fingerprint density at radius 2 is 1.62 bits per heavy atom. The number of hydrogen-bond donors (Lipinski definition) is 3. The van der Waals surface area contributed by atoms with Gasteiger partial charge in [-0.1, -0.05) is 48.0 Å². The van der Waals surface area contributed by atoms with Gasteiger partial charge in [0.05, 0.1) is 35.3 Å². The zero-order valence-corrected chi connectivity index (χ0v) is 38.0. The number of ether oxygens (including phenoxy) is 1. The summed E-state index contributed by atoms with van der Waals surface area (Å²) in [6.45, 7) is 5.17. The molecule has 3 amide bonds. The summed E-state index contributed by atoms with van der Waals surface area (Å²) >= 11 is 6.61. The molecule has 0 spiro atoms. The number of nitrogens with zero attached hydrogens (tertiary/aromatic N) is 7. The number of anilines is 2. The Morgan fingerprint density at radius 1 is 0.864 bits per heavy atom. The van der Waals surface area contributed by atoms with Gasteiger partial charge >= 0.3 is 0 Å². The average molecular weight is 916 g/mol. The highest BCUT2D eigenvalue weighted by molar-refractivity contribution is 6.33. The maximum Gasteiger partial charge on any atom is 0.255 e. The van der Waals surface area contributed by atoms with Crippen molar-refractivity contribution < 1.29 is 23.5 Å². The lowest BCUT2D eigenvalue weighted by molar-refractivity contribution is -0.136. The number of carbonyl (C=O) groups is 3. The van der Waals surface area contributed by atoms with Gasteiger partial charge in [0.2, 0.25) is 17.8 Å². The Hall–Kier alpha value is -5.90. The van der Waals surface area contributed by atoms with Crippen molar-refractivity contribution in [3.63, 3.8) is 0 Å². The first-order valence-electron chi connectivity index (χ1n) is 23.4. The molecule has 5 heterocycles. The Bertz CT molecular complexity index is 2600. The number of aryl methyl sites for hydroxylation is 1. The molecular weight excluding hydrogens is 859 g/mol. The van der Waals surface area contributed by atoms with Crippen LogP contribution in [0.5, 0.6) is 5.75 Å². The van der Waals surface area contributed by atoms with Gasteiger partial charge in [-0.2, -0.15) is 5.10 Å². The standard InChI is InChI=1S/C50H56ClFN10O4/c1-59-44(24-31-5-6-31)38(26-55-59)47-40(51)27-54-50(58-47)56-36-14-12-35(13-15-36)53-25-34-11-16-42(41(52)23-34)61-21-19-60(20-22-61)28-32-7-9-33(10-8-32)30-66-45-4-2-3-37-39(45)29-62(49(37)65)43-17-18-46(63)57-48(43)64/h2-4,7-11,16,23,26-27,31,35-36,43,53H,5-6,12-15,17-22,24-25,28-30H2,1H3,(H,54,56,58)(H,57,63,64)/t35?,36?,43-/m0/s1. The molecule has 14 nitrogen and oxygen atoms in total. The molecule has 0 radical (unpaired) electrons. The summed E-state index contributed by atoms with van der Waals surface area (Å²) in [5.74, 6) is 0.788. The zero-order chi connectivity index (χ0) is 45.3. The number of piperazine rings is 1. The maximum atomic E-state index is 15.6. The van der Waals surface area contributed by atoms with E-state index in [2.05, 4.69) is 60.1 Å². The lowest BCUT2D eigenvalue weighted by Crippen LogP contribution is -2.52. The predicted octanol–water partition coefficient (Wildman–Crippen LogP) is 6.80. The SMILES string of the molecule is Cn1ncc(-c2nc(NC3CCC(NCc4ccc(N5CCN(Cc6ccc(COc7cccc8c7CN([C@H]7CCC(=O)NC7=O)C8=O)cc6)CC5)c(F)c4)CC3)ncc2Cl)c1CC1CC1. The van der Waals surface area contributed by atoms with E-state index in [4.69, 9.17) is 21.3 Å². The largest absolute Gasteiger partial charge is 0.489 e. The first kappa shape index (κ1) is 44.0. The van der Waals surface area contributed by atoms with Crippen LogP contribution in [0.3, 0.4) is 0 Å². The second-order valence-electron chi connectivity index (χ2n) is 18.6. The summed E-state index contributed by atoms with van der Waals surface area (Å²) < 4.78 is 23.7. The highest BCUT2D eigenvalue weighted by atomic mass is 35.5. The van der Waals surface area contributed by atoms with Gasteiger partial charge in [-0.25, -0.2) is 14.4 Å². The average Bonchev–Trinajstić information content (AvgIpc) is 3.99. The summed E-state index contributed by atoms with van der Waals surface area (Å²) in [6, 6.07) is 19.4. The number of piperidine rings is 1. The number of halogens is 2. The van der Waals surface area contributed by atoms with E-state index in [0.29, 0.717) is 53.6 Å².